The average Bonchev–Trinajstić information content (AvgIpc) is 3.21. The number of hydrogen-bond acceptors (Lipinski definition) is 4. The zero-order valence-corrected chi connectivity index (χ0v) is 11.9. The molecule has 0 atom stereocenters. The van der Waals surface area contributed by atoms with Crippen LogP contribution in [0.25, 0.3) is 11.3 Å². The standard InChI is InChI=1S/C15H15N3S/c1-10-14(12-5-3-11(9-16)4-6-12)17-15(19-10)18(2)13-7-8-13/h3-6,13H,7-8H2,1-2H3. The molecular weight excluding hydrogens is 254 g/mol. The third-order valence-electron chi connectivity index (χ3n) is 3.47. The normalized spacial score (nSPS) is 14.2. The number of anilines is 1. The smallest absolute Gasteiger partial charge is 0.186 e. The molecule has 3 rings (SSSR count). The van der Waals surface area contributed by atoms with E-state index in [0.29, 0.717) is 11.6 Å². The van der Waals surface area contributed by atoms with Crippen molar-refractivity contribution < 1.29 is 0 Å². The van der Waals surface area contributed by atoms with E-state index >= 15 is 0 Å². The number of aromatic nitrogens is 1. The Morgan fingerprint density at radius 2 is 2.00 bits per heavy atom. The monoisotopic (exact) mass is 269 g/mol. The highest BCUT2D eigenvalue weighted by Gasteiger charge is 2.28. The van der Waals surface area contributed by atoms with Crippen LogP contribution in [0.15, 0.2) is 24.3 Å². The lowest BCUT2D eigenvalue weighted by Crippen LogP contribution is -2.18. The molecule has 1 fully saturated rings. The van der Waals surface area contributed by atoms with Gasteiger partial charge in [0.15, 0.2) is 5.13 Å². The Morgan fingerprint density at radius 3 is 2.58 bits per heavy atom. The number of nitriles is 1. The molecule has 0 aliphatic heterocycles. The zero-order chi connectivity index (χ0) is 13.4. The summed E-state index contributed by atoms with van der Waals surface area (Å²) < 4.78 is 0. The van der Waals surface area contributed by atoms with Gasteiger partial charge in [-0.15, -0.1) is 11.3 Å². The Kier molecular flexibility index (Phi) is 3.00. The van der Waals surface area contributed by atoms with Crippen LogP contribution >= 0.6 is 11.3 Å². The highest BCUT2D eigenvalue weighted by Crippen LogP contribution is 2.36. The van der Waals surface area contributed by atoms with E-state index in [1.807, 2.05) is 24.3 Å². The lowest BCUT2D eigenvalue weighted by atomic mass is 10.1. The number of thiazole rings is 1. The molecule has 19 heavy (non-hydrogen) atoms. The highest BCUT2D eigenvalue weighted by atomic mass is 32.1. The van der Waals surface area contributed by atoms with E-state index in [9.17, 15) is 0 Å². The van der Waals surface area contributed by atoms with Gasteiger partial charge in [0.25, 0.3) is 0 Å². The Labute approximate surface area is 117 Å². The van der Waals surface area contributed by atoms with E-state index in [1.165, 1.54) is 17.7 Å². The quantitative estimate of drug-likeness (QED) is 0.855. The molecule has 1 heterocycles. The molecule has 0 bridgehead atoms. The molecule has 0 unspecified atom stereocenters. The van der Waals surface area contributed by atoms with Crippen LogP contribution < -0.4 is 4.90 Å². The van der Waals surface area contributed by atoms with Gasteiger partial charge in [0.2, 0.25) is 0 Å². The van der Waals surface area contributed by atoms with E-state index in [0.717, 1.165) is 16.4 Å². The maximum atomic E-state index is 8.83. The molecule has 1 aromatic carbocycles. The molecule has 1 aliphatic carbocycles. The average molecular weight is 269 g/mol. The fourth-order valence-corrected chi connectivity index (χ4v) is 3.09. The Morgan fingerprint density at radius 1 is 1.32 bits per heavy atom. The van der Waals surface area contributed by atoms with Crippen molar-refractivity contribution in [3.8, 4) is 17.3 Å². The Hall–Kier alpha value is -1.86. The molecule has 2 aromatic rings. The largest absolute Gasteiger partial charge is 0.348 e. The van der Waals surface area contributed by atoms with Crippen molar-refractivity contribution >= 4 is 16.5 Å². The summed E-state index contributed by atoms with van der Waals surface area (Å²) in [6, 6.07) is 10.5. The van der Waals surface area contributed by atoms with E-state index in [-0.39, 0.29) is 0 Å². The third-order valence-corrected chi connectivity index (χ3v) is 4.53. The zero-order valence-electron chi connectivity index (χ0n) is 11.1. The van der Waals surface area contributed by atoms with Crippen molar-refractivity contribution in [1.82, 2.24) is 4.98 Å². The SMILES string of the molecule is Cc1sc(N(C)C2CC2)nc1-c1ccc(C#N)cc1. The summed E-state index contributed by atoms with van der Waals surface area (Å²) in [4.78, 5) is 8.27. The van der Waals surface area contributed by atoms with E-state index < -0.39 is 0 Å². The molecule has 4 heteroatoms. The second-order valence-electron chi connectivity index (χ2n) is 4.93. The maximum Gasteiger partial charge on any atom is 0.186 e. The van der Waals surface area contributed by atoms with Crippen LogP contribution in [-0.2, 0) is 0 Å². The number of rotatable bonds is 3. The first kappa shape index (κ1) is 12.2. The van der Waals surface area contributed by atoms with Gasteiger partial charge in [0, 0.05) is 23.5 Å². The lowest BCUT2D eigenvalue weighted by molar-refractivity contribution is 0.909. The highest BCUT2D eigenvalue weighted by molar-refractivity contribution is 7.16. The summed E-state index contributed by atoms with van der Waals surface area (Å²) >= 11 is 1.75. The van der Waals surface area contributed by atoms with Gasteiger partial charge < -0.3 is 4.90 Å². The topological polar surface area (TPSA) is 39.9 Å². The number of aryl methyl sites for hydroxylation is 1. The molecule has 0 N–H and O–H groups in total. The molecule has 0 spiro atoms. The minimum absolute atomic E-state index is 0.680. The summed E-state index contributed by atoms with van der Waals surface area (Å²) in [6.45, 7) is 2.11. The summed E-state index contributed by atoms with van der Waals surface area (Å²) in [5.41, 5.74) is 2.81. The van der Waals surface area contributed by atoms with Crippen LogP contribution in [0.5, 0.6) is 0 Å². The summed E-state index contributed by atoms with van der Waals surface area (Å²) in [5.74, 6) is 0. The molecule has 1 aromatic heterocycles. The van der Waals surface area contributed by atoms with Gasteiger partial charge in [0.1, 0.15) is 0 Å². The minimum atomic E-state index is 0.680. The number of benzene rings is 1. The van der Waals surface area contributed by atoms with E-state index in [1.54, 1.807) is 11.3 Å². The van der Waals surface area contributed by atoms with Crippen LogP contribution in [0.4, 0.5) is 5.13 Å². The van der Waals surface area contributed by atoms with Gasteiger partial charge in [-0.25, -0.2) is 4.98 Å². The lowest BCUT2D eigenvalue weighted by Gasteiger charge is -2.13. The van der Waals surface area contributed by atoms with Gasteiger partial charge in [-0.1, -0.05) is 12.1 Å². The molecule has 1 saturated carbocycles. The first-order valence-corrected chi connectivity index (χ1v) is 7.21. The van der Waals surface area contributed by atoms with Crippen molar-refractivity contribution in [2.75, 3.05) is 11.9 Å². The first-order valence-electron chi connectivity index (χ1n) is 6.40. The van der Waals surface area contributed by atoms with Crippen molar-refractivity contribution in [2.24, 2.45) is 0 Å². The van der Waals surface area contributed by atoms with E-state index in [2.05, 4.69) is 24.9 Å². The molecule has 0 radical (unpaired) electrons. The molecule has 1 aliphatic rings. The van der Waals surface area contributed by atoms with Crippen molar-refractivity contribution in [3.63, 3.8) is 0 Å². The van der Waals surface area contributed by atoms with Crippen molar-refractivity contribution in [2.45, 2.75) is 25.8 Å². The van der Waals surface area contributed by atoms with E-state index in [4.69, 9.17) is 10.2 Å². The van der Waals surface area contributed by atoms with Gasteiger partial charge >= 0.3 is 0 Å². The van der Waals surface area contributed by atoms with Crippen molar-refractivity contribution in [1.29, 1.82) is 5.26 Å². The summed E-state index contributed by atoms with van der Waals surface area (Å²) in [6.07, 6.45) is 2.56. The third kappa shape index (κ3) is 2.34. The van der Waals surface area contributed by atoms with Crippen LogP contribution in [0, 0.1) is 18.3 Å². The summed E-state index contributed by atoms with van der Waals surface area (Å²) in [5, 5.41) is 9.92. The number of nitrogens with zero attached hydrogens (tertiary/aromatic N) is 3. The molecule has 3 nitrogen and oxygen atoms in total. The van der Waals surface area contributed by atoms with Crippen LogP contribution in [0.1, 0.15) is 23.3 Å². The van der Waals surface area contributed by atoms with Gasteiger partial charge in [-0.2, -0.15) is 5.26 Å². The van der Waals surface area contributed by atoms with Gasteiger partial charge in [-0.05, 0) is 31.9 Å². The van der Waals surface area contributed by atoms with Crippen LogP contribution in [-0.4, -0.2) is 18.1 Å². The molecular formula is C15H15N3S. The Balaban J connectivity index is 1.93. The molecule has 0 amide bonds. The second-order valence-corrected chi connectivity index (χ2v) is 6.11. The summed E-state index contributed by atoms with van der Waals surface area (Å²) in [7, 11) is 2.12. The Bertz CT molecular complexity index is 632. The van der Waals surface area contributed by atoms with Crippen LogP contribution in [0.3, 0.4) is 0 Å². The molecule has 96 valence electrons. The number of hydrogen-bond donors (Lipinski definition) is 0. The van der Waals surface area contributed by atoms with Gasteiger partial charge in [0.05, 0.1) is 17.3 Å². The fraction of sp³-hybridized carbons (Fsp3) is 0.333. The second kappa shape index (κ2) is 4.67. The molecule has 0 saturated heterocycles. The fourth-order valence-electron chi connectivity index (χ4n) is 2.12. The van der Waals surface area contributed by atoms with Crippen molar-refractivity contribution in [3.05, 3.63) is 34.7 Å². The minimum Gasteiger partial charge on any atom is -0.348 e. The predicted octanol–water partition coefficient (Wildman–Crippen LogP) is 3.59. The van der Waals surface area contributed by atoms with Gasteiger partial charge in [-0.3, -0.25) is 0 Å². The predicted molar refractivity (Wildman–Crippen MR) is 78.4 cm³/mol. The maximum absolute atomic E-state index is 8.83. The van der Waals surface area contributed by atoms with Crippen LogP contribution in [0.2, 0.25) is 0 Å². The first-order chi connectivity index (χ1) is 9.19.